The molecule has 3 aromatic rings. The van der Waals surface area contributed by atoms with Crippen molar-refractivity contribution in [1.29, 1.82) is 0 Å². The first-order valence-electron chi connectivity index (χ1n) is 11.2. The van der Waals surface area contributed by atoms with Crippen molar-refractivity contribution in [3.63, 3.8) is 0 Å². The van der Waals surface area contributed by atoms with Crippen LogP contribution in [0.5, 0.6) is 0 Å². The Kier molecular flexibility index (Phi) is 6.32. The lowest BCUT2D eigenvalue weighted by atomic mass is 9.99. The van der Waals surface area contributed by atoms with Crippen LogP contribution in [0, 0.1) is 13.8 Å². The molecule has 0 spiro atoms. The average Bonchev–Trinajstić information content (AvgIpc) is 3.06. The minimum Gasteiger partial charge on any atom is -0.350 e. The molecule has 0 saturated heterocycles. The summed E-state index contributed by atoms with van der Waals surface area (Å²) in [6, 6.07) is 20.2. The highest BCUT2D eigenvalue weighted by molar-refractivity contribution is 6.46. The molecule has 34 heavy (non-hydrogen) atoms. The second-order valence-corrected chi connectivity index (χ2v) is 8.40. The normalized spacial score (nSPS) is 13.5. The number of amides is 3. The molecule has 6 nitrogen and oxygen atoms in total. The van der Waals surface area contributed by atoms with Gasteiger partial charge in [-0.15, -0.1) is 0 Å². The minimum absolute atomic E-state index is 0.165. The van der Waals surface area contributed by atoms with E-state index in [1.165, 1.54) is 11.8 Å². The van der Waals surface area contributed by atoms with E-state index >= 15 is 0 Å². The molecular formula is C28H27N3O3. The molecule has 172 valence electrons. The third-order valence-electron chi connectivity index (χ3n) is 5.96. The lowest BCUT2D eigenvalue weighted by molar-refractivity contribution is -0.120. The van der Waals surface area contributed by atoms with Crippen molar-refractivity contribution in [2.45, 2.75) is 34.1 Å². The van der Waals surface area contributed by atoms with Crippen molar-refractivity contribution >= 4 is 40.4 Å². The van der Waals surface area contributed by atoms with E-state index in [1.807, 2.05) is 44.2 Å². The Balaban J connectivity index is 1.76. The van der Waals surface area contributed by atoms with Crippen molar-refractivity contribution in [2.75, 3.05) is 15.5 Å². The van der Waals surface area contributed by atoms with Gasteiger partial charge in [-0.05, 0) is 78.9 Å². The number of anilines is 3. The quantitative estimate of drug-likeness (QED) is 0.502. The molecule has 0 fully saturated rings. The highest BCUT2D eigenvalue weighted by Gasteiger charge is 2.40. The molecule has 0 aliphatic carbocycles. The van der Waals surface area contributed by atoms with Gasteiger partial charge in [0.1, 0.15) is 5.70 Å². The summed E-state index contributed by atoms with van der Waals surface area (Å²) in [5.41, 5.74) is 6.33. The van der Waals surface area contributed by atoms with E-state index in [1.54, 1.807) is 36.4 Å². The number of imide groups is 1. The first-order chi connectivity index (χ1) is 16.3. The third-order valence-corrected chi connectivity index (χ3v) is 5.96. The molecule has 1 aliphatic heterocycles. The number of benzene rings is 3. The summed E-state index contributed by atoms with van der Waals surface area (Å²) in [6.45, 7) is 7.49. The number of nitrogens with zero attached hydrogens (tertiary/aromatic N) is 1. The van der Waals surface area contributed by atoms with E-state index in [4.69, 9.17) is 0 Å². The largest absolute Gasteiger partial charge is 0.350 e. The van der Waals surface area contributed by atoms with Gasteiger partial charge in [-0.2, -0.15) is 0 Å². The van der Waals surface area contributed by atoms with E-state index < -0.39 is 5.91 Å². The number of aryl methyl sites for hydroxylation is 3. The first-order valence-corrected chi connectivity index (χ1v) is 11.2. The monoisotopic (exact) mass is 453 g/mol. The number of rotatable bonds is 6. The molecule has 0 aromatic heterocycles. The van der Waals surface area contributed by atoms with Gasteiger partial charge in [0.2, 0.25) is 5.91 Å². The maximum Gasteiger partial charge on any atom is 0.282 e. The van der Waals surface area contributed by atoms with Gasteiger partial charge in [-0.25, -0.2) is 4.90 Å². The van der Waals surface area contributed by atoms with Gasteiger partial charge in [0.15, 0.2) is 0 Å². The number of hydrogen-bond acceptors (Lipinski definition) is 4. The van der Waals surface area contributed by atoms with E-state index in [9.17, 15) is 14.4 Å². The Labute approximate surface area is 199 Å². The van der Waals surface area contributed by atoms with E-state index in [2.05, 4.69) is 17.6 Å². The Morgan fingerprint density at radius 2 is 1.47 bits per heavy atom. The second-order valence-electron chi connectivity index (χ2n) is 8.40. The molecule has 0 atom stereocenters. The average molecular weight is 454 g/mol. The number of carbonyl (C=O) groups is 3. The van der Waals surface area contributed by atoms with Gasteiger partial charge >= 0.3 is 0 Å². The van der Waals surface area contributed by atoms with Crippen LogP contribution in [-0.2, 0) is 20.8 Å². The smallest absolute Gasteiger partial charge is 0.282 e. The van der Waals surface area contributed by atoms with Crippen molar-refractivity contribution in [1.82, 2.24) is 0 Å². The van der Waals surface area contributed by atoms with Crippen LogP contribution < -0.4 is 15.5 Å². The van der Waals surface area contributed by atoms with Crippen molar-refractivity contribution in [2.24, 2.45) is 0 Å². The molecule has 1 heterocycles. The number of carbonyl (C=O) groups excluding carboxylic acids is 3. The standard InChI is InChI=1S/C28H27N3O3/c1-5-20-7-14-24(15-8-20)31-27(33)25(21-9-6-17(2)18(3)16-21)26(28(31)34)30-23-12-10-22(11-13-23)29-19(4)32/h6-16,30H,5H2,1-4H3,(H,29,32). The highest BCUT2D eigenvalue weighted by Crippen LogP contribution is 2.34. The first kappa shape index (κ1) is 23.0. The van der Waals surface area contributed by atoms with Crippen LogP contribution in [0.4, 0.5) is 17.1 Å². The van der Waals surface area contributed by atoms with Gasteiger partial charge in [0, 0.05) is 18.3 Å². The topological polar surface area (TPSA) is 78.5 Å². The molecule has 0 saturated carbocycles. The SMILES string of the molecule is CCc1ccc(N2C(=O)C(Nc3ccc(NC(C)=O)cc3)=C(c3ccc(C)c(C)c3)C2=O)cc1. The van der Waals surface area contributed by atoms with Crippen LogP contribution in [-0.4, -0.2) is 17.7 Å². The number of hydrogen-bond donors (Lipinski definition) is 2. The Morgan fingerprint density at radius 1 is 0.824 bits per heavy atom. The van der Waals surface area contributed by atoms with Crippen molar-refractivity contribution < 1.29 is 14.4 Å². The summed E-state index contributed by atoms with van der Waals surface area (Å²) in [4.78, 5) is 39.7. The fraction of sp³-hybridized carbons (Fsp3) is 0.179. The Bertz CT molecular complexity index is 1310. The summed E-state index contributed by atoms with van der Waals surface area (Å²) in [6.07, 6.45) is 0.871. The zero-order valence-corrected chi connectivity index (χ0v) is 19.7. The summed E-state index contributed by atoms with van der Waals surface area (Å²) in [5.74, 6) is -0.940. The maximum absolute atomic E-state index is 13.6. The molecule has 6 heteroatoms. The summed E-state index contributed by atoms with van der Waals surface area (Å²) < 4.78 is 0. The second kappa shape index (κ2) is 9.35. The molecule has 4 rings (SSSR count). The van der Waals surface area contributed by atoms with E-state index in [-0.39, 0.29) is 17.5 Å². The van der Waals surface area contributed by atoms with Crippen molar-refractivity contribution in [3.8, 4) is 0 Å². The van der Waals surface area contributed by atoms with Crippen molar-refractivity contribution in [3.05, 3.63) is 94.7 Å². The van der Waals surface area contributed by atoms with Crippen LogP contribution in [0.15, 0.2) is 72.4 Å². The van der Waals surface area contributed by atoms with Crippen LogP contribution in [0.3, 0.4) is 0 Å². The van der Waals surface area contributed by atoms with Gasteiger partial charge < -0.3 is 10.6 Å². The summed E-state index contributed by atoms with van der Waals surface area (Å²) in [5, 5.41) is 5.88. The number of nitrogens with one attached hydrogen (secondary N) is 2. The molecule has 0 radical (unpaired) electrons. The predicted molar refractivity (Wildman–Crippen MR) is 136 cm³/mol. The molecule has 0 bridgehead atoms. The molecule has 1 aliphatic rings. The van der Waals surface area contributed by atoms with Crippen LogP contribution in [0.2, 0.25) is 0 Å². The van der Waals surface area contributed by atoms with Gasteiger partial charge in [0.25, 0.3) is 11.8 Å². The third kappa shape index (κ3) is 4.48. The zero-order chi connectivity index (χ0) is 24.4. The van der Waals surface area contributed by atoms with Crippen LogP contribution in [0.25, 0.3) is 5.57 Å². The molecule has 3 aromatic carbocycles. The lowest BCUT2D eigenvalue weighted by Crippen LogP contribution is -2.32. The fourth-order valence-electron chi connectivity index (χ4n) is 3.91. The maximum atomic E-state index is 13.6. The lowest BCUT2D eigenvalue weighted by Gasteiger charge is -2.16. The fourth-order valence-corrected chi connectivity index (χ4v) is 3.91. The van der Waals surface area contributed by atoms with Crippen LogP contribution >= 0.6 is 0 Å². The predicted octanol–water partition coefficient (Wildman–Crippen LogP) is 5.22. The zero-order valence-electron chi connectivity index (χ0n) is 19.7. The summed E-state index contributed by atoms with van der Waals surface area (Å²) in [7, 11) is 0. The van der Waals surface area contributed by atoms with Crippen LogP contribution in [0.1, 0.15) is 36.1 Å². The Morgan fingerprint density at radius 3 is 2.06 bits per heavy atom. The molecular weight excluding hydrogens is 426 g/mol. The van der Waals surface area contributed by atoms with Gasteiger partial charge in [-0.1, -0.05) is 37.3 Å². The van der Waals surface area contributed by atoms with Gasteiger partial charge in [0.05, 0.1) is 11.3 Å². The molecule has 2 N–H and O–H groups in total. The molecule has 0 unspecified atom stereocenters. The highest BCUT2D eigenvalue weighted by atomic mass is 16.2. The Hall–Kier alpha value is -4.19. The van der Waals surface area contributed by atoms with E-state index in [0.29, 0.717) is 28.2 Å². The minimum atomic E-state index is -0.409. The molecule has 3 amide bonds. The summed E-state index contributed by atoms with van der Waals surface area (Å²) >= 11 is 0. The van der Waals surface area contributed by atoms with Gasteiger partial charge in [-0.3, -0.25) is 14.4 Å². The van der Waals surface area contributed by atoms with E-state index in [0.717, 1.165) is 23.1 Å².